The zero-order valence-electron chi connectivity index (χ0n) is 15.4. The average Bonchev–Trinajstić information content (AvgIpc) is 2.62. The quantitative estimate of drug-likeness (QED) is 0.666. The van der Waals surface area contributed by atoms with Gasteiger partial charge in [-0.2, -0.15) is 0 Å². The van der Waals surface area contributed by atoms with Crippen molar-refractivity contribution < 1.29 is 4.39 Å². The van der Waals surface area contributed by atoms with Gasteiger partial charge in [0.25, 0.3) is 0 Å². The topological polar surface area (TPSA) is 63.8 Å². The van der Waals surface area contributed by atoms with Crippen LogP contribution in [0.2, 0.25) is 0 Å². The van der Waals surface area contributed by atoms with Crippen LogP contribution in [0.25, 0.3) is 11.3 Å². The van der Waals surface area contributed by atoms with Gasteiger partial charge in [-0.1, -0.05) is 36.8 Å². The van der Waals surface area contributed by atoms with Crippen LogP contribution < -0.4 is 11.1 Å². The Kier molecular flexibility index (Phi) is 4.75. The van der Waals surface area contributed by atoms with E-state index in [0.29, 0.717) is 35.2 Å². The highest BCUT2D eigenvalue weighted by atomic mass is 19.1. The third-order valence-electron chi connectivity index (χ3n) is 5.38. The third kappa shape index (κ3) is 3.50. The van der Waals surface area contributed by atoms with Gasteiger partial charge >= 0.3 is 0 Å². The molecule has 0 radical (unpaired) electrons. The summed E-state index contributed by atoms with van der Waals surface area (Å²) in [6.07, 6.45) is 6.39. The SMILES string of the molecule is Cc1ccccc1CNc1c(C2CCC2)ccc(-c2cnc(N)cn2)c1F. The van der Waals surface area contributed by atoms with E-state index in [4.69, 9.17) is 5.73 Å². The van der Waals surface area contributed by atoms with Crippen LogP contribution in [0.5, 0.6) is 0 Å². The summed E-state index contributed by atoms with van der Waals surface area (Å²) in [6.45, 7) is 2.65. The number of benzene rings is 2. The van der Waals surface area contributed by atoms with Crippen molar-refractivity contribution in [2.24, 2.45) is 0 Å². The second-order valence-electron chi connectivity index (χ2n) is 7.13. The van der Waals surface area contributed by atoms with Crippen LogP contribution in [0.15, 0.2) is 48.8 Å². The summed E-state index contributed by atoms with van der Waals surface area (Å²) in [4.78, 5) is 8.28. The summed E-state index contributed by atoms with van der Waals surface area (Å²) >= 11 is 0. The van der Waals surface area contributed by atoms with Crippen LogP contribution in [0, 0.1) is 12.7 Å². The molecule has 0 bridgehead atoms. The van der Waals surface area contributed by atoms with Gasteiger partial charge in [-0.15, -0.1) is 0 Å². The molecule has 138 valence electrons. The molecule has 0 saturated heterocycles. The second kappa shape index (κ2) is 7.35. The Morgan fingerprint density at radius 2 is 1.93 bits per heavy atom. The van der Waals surface area contributed by atoms with Crippen molar-refractivity contribution >= 4 is 11.5 Å². The molecule has 1 aliphatic carbocycles. The number of rotatable bonds is 5. The van der Waals surface area contributed by atoms with Gasteiger partial charge in [0, 0.05) is 12.1 Å². The lowest BCUT2D eigenvalue weighted by Crippen LogP contribution is -2.14. The van der Waals surface area contributed by atoms with Crippen molar-refractivity contribution in [3.8, 4) is 11.3 Å². The number of hydrogen-bond donors (Lipinski definition) is 2. The van der Waals surface area contributed by atoms with Gasteiger partial charge < -0.3 is 11.1 Å². The van der Waals surface area contributed by atoms with Crippen LogP contribution in [0.4, 0.5) is 15.9 Å². The first-order valence-electron chi connectivity index (χ1n) is 9.32. The zero-order valence-corrected chi connectivity index (χ0v) is 15.4. The lowest BCUT2D eigenvalue weighted by atomic mass is 9.79. The van der Waals surface area contributed by atoms with Crippen molar-refractivity contribution in [2.45, 2.75) is 38.6 Å². The van der Waals surface area contributed by atoms with E-state index in [-0.39, 0.29) is 5.82 Å². The lowest BCUT2D eigenvalue weighted by Gasteiger charge is -2.29. The molecule has 3 N–H and O–H groups in total. The van der Waals surface area contributed by atoms with E-state index in [2.05, 4.69) is 34.3 Å². The molecule has 4 nitrogen and oxygen atoms in total. The normalized spacial score (nSPS) is 14.0. The first-order chi connectivity index (χ1) is 13.1. The van der Waals surface area contributed by atoms with E-state index in [1.807, 2.05) is 24.3 Å². The van der Waals surface area contributed by atoms with Gasteiger partial charge in [0.1, 0.15) is 5.82 Å². The molecule has 0 atom stereocenters. The molecule has 1 aromatic heterocycles. The zero-order chi connectivity index (χ0) is 18.8. The number of aromatic nitrogens is 2. The molecule has 2 aromatic carbocycles. The van der Waals surface area contributed by atoms with Crippen molar-refractivity contribution in [1.82, 2.24) is 9.97 Å². The molecule has 1 aliphatic rings. The standard InChI is InChI=1S/C22H23FN4/c1-14-5-2-3-6-16(14)11-27-22-17(15-7-4-8-15)9-10-18(21(22)23)19-12-26-20(24)13-25-19/h2-3,5-6,9-10,12-13,15,27H,4,7-8,11H2,1H3,(H2,24,26). The lowest BCUT2D eigenvalue weighted by molar-refractivity contribution is 0.419. The molecule has 0 amide bonds. The number of nitrogen functional groups attached to an aromatic ring is 1. The maximum absolute atomic E-state index is 15.5. The fourth-order valence-corrected chi connectivity index (χ4v) is 3.50. The number of anilines is 2. The first kappa shape index (κ1) is 17.5. The number of aryl methyl sites for hydroxylation is 1. The largest absolute Gasteiger partial charge is 0.382 e. The Balaban J connectivity index is 1.71. The Labute approximate surface area is 158 Å². The summed E-state index contributed by atoms with van der Waals surface area (Å²) in [7, 11) is 0. The van der Waals surface area contributed by atoms with Gasteiger partial charge in [0.05, 0.1) is 23.8 Å². The Morgan fingerprint density at radius 3 is 2.59 bits per heavy atom. The molecule has 5 heteroatoms. The Bertz CT molecular complexity index is 949. The minimum absolute atomic E-state index is 0.271. The number of nitrogens with two attached hydrogens (primary N) is 1. The fraction of sp³-hybridized carbons (Fsp3) is 0.273. The van der Waals surface area contributed by atoms with E-state index in [1.54, 1.807) is 0 Å². The molecule has 0 aliphatic heterocycles. The van der Waals surface area contributed by atoms with Gasteiger partial charge in [0.2, 0.25) is 0 Å². The fourth-order valence-electron chi connectivity index (χ4n) is 3.50. The predicted molar refractivity (Wildman–Crippen MR) is 107 cm³/mol. The van der Waals surface area contributed by atoms with Gasteiger partial charge in [-0.05, 0) is 48.4 Å². The second-order valence-corrected chi connectivity index (χ2v) is 7.13. The number of halogens is 1. The summed E-state index contributed by atoms with van der Waals surface area (Å²) < 4.78 is 15.5. The van der Waals surface area contributed by atoms with E-state index in [0.717, 1.165) is 24.0 Å². The highest BCUT2D eigenvalue weighted by Crippen LogP contribution is 2.42. The summed E-state index contributed by atoms with van der Waals surface area (Å²) in [5.41, 5.74) is 10.5. The molecule has 1 saturated carbocycles. The maximum Gasteiger partial charge on any atom is 0.156 e. The summed E-state index contributed by atoms with van der Waals surface area (Å²) in [5, 5.41) is 3.36. The van der Waals surface area contributed by atoms with Crippen molar-refractivity contribution in [3.05, 3.63) is 71.3 Å². The monoisotopic (exact) mass is 362 g/mol. The maximum atomic E-state index is 15.5. The predicted octanol–water partition coefficient (Wildman–Crippen LogP) is 5.05. The number of nitrogens with zero attached hydrogens (tertiary/aromatic N) is 2. The van der Waals surface area contributed by atoms with E-state index in [9.17, 15) is 0 Å². The van der Waals surface area contributed by atoms with Crippen molar-refractivity contribution in [3.63, 3.8) is 0 Å². The van der Waals surface area contributed by atoms with Crippen LogP contribution >= 0.6 is 0 Å². The Hall–Kier alpha value is -2.95. The van der Waals surface area contributed by atoms with Crippen molar-refractivity contribution in [2.75, 3.05) is 11.1 Å². The molecule has 3 aromatic rings. The van der Waals surface area contributed by atoms with Gasteiger partial charge in [0.15, 0.2) is 5.82 Å². The minimum Gasteiger partial charge on any atom is -0.382 e. The summed E-state index contributed by atoms with van der Waals surface area (Å²) in [6, 6.07) is 12.0. The first-order valence-corrected chi connectivity index (χ1v) is 9.32. The Morgan fingerprint density at radius 1 is 1.11 bits per heavy atom. The molecule has 0 unspecified atom stereocenters. The molecular formula is C22H23FN4. The van der Waals surface area contributed by atoms with Crippen LogP contribution in [-0.4, -0.2) is 9.97 Å². The number of hydrogen-bond acceptors (Lipinski definition) is 4. The number of nitrogens with one attached hydrogen (secondary N) is 1. The van der Waals surface area contributed by atoms with Gasteiger partial charge in [-0.3, -0.25) is 4.98 Å². The van der Waals surface area contributed by atoms with E-state index in [1.165, 1.54) is 24.4 Å². The highest BCUT2D eigenvalue weighted by Gasteiger charge is 2.25. The van der Waals surface area contributed by atoms with Crippen LogP contribution in [0.3, 0.4) is 0 Å². The van der Waals surface area contributed by atoms with Crippen LogP contribution in [-0.2, 0) is 6.54 Å². The van der Waals surface area contributed by atoms with E-state index < -0.39 is 0 Å². The van der Waals surface area contributed by atoms with Crippen LogP contribution in [0.1, 0.15) is 41.9 Å². The molecule has 4 rings (SSSR count). The highest BCUT2D eigenvalue weighted by molar-refractivity contribution is 5.69. The molecule has 1 heterocycles. The molecule has 27 heavy (non-hydrogen) atoms. The average molecular weight is 362 g/mol. The smallest absolute Gasteiger partial charge is 0.156 e. The van der Waals surface area contributed by atoms with Gasteiger partial charge in [-0.25, -0.2) is 9.37 Å². The summed E-state index contributed by atoms with van der Waals surface area (Å²) in [5.74, 6) is 0.473. The minimum atomic E-state index is -0.271. The van der Waals surface area contributed by atoms with E-state index >= 15 is 4.39 Å². The third-order valence-corrected chi connectivity index (χ3v) is 5.38. The van der Waals surface area contributed by atoms with Crippen molar-refractivity contribution in [1.29, 1.82) is 0 Å². The molecular weight excluding hydrogens is 339 g/mol. The molecule has 0 spiro atoms. The molecule has 1 fully saturated rings.